The Bertz CT molecular complexity index is 932. The minimum absolute atomic E-state index is 0.268. The third-order valence-electron chi connectivity index (χ3n) is 4.70. The number of ether oxygens (including phenoxy) is 1. The van der Waals surface area contributed by atoms with E-state index in [0.29, 0.717) is 6.61 Å². The summed E-state index contributed by atoms with van der Waals surface area (Å²) in [6.07, 6.45) is 4.22. The number of urea groups is 1. The van der Waals surface area contributed by atoms with Crippen molar-refractivity contribution in [2.24, 2.45) is 0 Å². The molecule has 0 unspecified atom stereocenters. The summed E-state index contributed by atoms with van der Waals surface area (Å²) in [6, 6.07) is 15.2. The quantitative estimate of drug-likeness (QED) is 0.501. The molecule has 0 fully saturated rings. The van der Waals surface area contributed by atoms with E-state index in [4.69, 9.17) is 4.74 Å². The first-order chi connectivity index (χ1) is 14.0. The molecule has 3 rings (SSSR count). The van der Waals surface area contributed by atoms with Crippen molar-refractivity contribution >= 4 is 28.3 Å². The molecule has 0 bridgehead atoms. The molecule has 2 aromatic carbocycles. The van der Waals surface area contributed by atoms with E-state index in [1.807, 2.05) is 42.5 Å². The molecule has 6 nitrogen and oxygen atoms in total. The highest BCUT2D eigenvalue weighted by atomic mass is 16.5. The van der Waals surface area contributed by atoms with Crippen molar-refractivity contribution in [1.29, 1.82) is 0 Å². The van der Waals surface area contributed by atoms with Gasteiger partial charge in [-0.2, -0.15) is 0 Å². The molecular formula is C23H30N4O2. The average molecular weight is 395 g/mol. The second-order valence-corrected chi connectivity index (χ2v) is 7.39. The van der Waals surface area contributed by atoms with Gasteiger partial charge in [-0.25, -0.2) is 4.79 Å². The number of carbonyl (C=O) groups excluding carboxylic acids is 1. The Balaban J connectivity index is 1.56. The van der Waals surface area contributed by atoms with Gasteiger partial charge in [-0.3, -0.25) is 0 Å². The number of amides is 2. The number of rotatable bonds is 9. The molecule has 0 aliphatic rings. The van der Waals surface area contributed by atoms with E-state index < -0.39 is 0 Å². The lowest BCUT2D eigenvalue weighted by Gasteiger charge is -2.12. The molecule has 6 heteroatoms. The van der Waals surface area contributed by atoms with Gasteiger partial charge in [0.25, 0.3) is 0 Å². The molecule has 0 spiro atoms. The average Bonchev–Trinajstić information content (AvgIpc) is 3.10. The number of unbranched alkanes of at least 4 members (excludes halogenated alkanes) is 1. The molecule has 1 aromatic heterocycles. The van der Waals surface area contributed by atoms with Gasteiger partial charge < -0.3 is 24.8 Å². The summed E-state index contributed by atoms with van der Waals surface area (Å²) in [5, 5.41) is 6.86. The number of benzene rings is 2. The Hall–Kier alpha value is -2.99. The van der Waals surface area contributed by atoms with Crippen molar-refractivity contribution < 1.29 is 9.53 Å². The van der Waals surface area contributed by atoms with Crippen LogP contribution in [-0.4, -0.2) is 42.7 Å². The van der Waals surface area contributed by atoms with Crippen molar-refractivity contribution in [3.05, 3.63) is 54.7 Å². The van der Waals surface area contributed by atoms with Crippen LogP contribution in [0.3, 0.4) is 0 Å². The molecule has 0 atom stereocenters. The Morgan fingerprint density at radius 1 is 1.03 bits per heavy atom. The zero-order valence-corrected chi connectivity index (χ0v) is 17.4. The summed E-state index contributed by atoms with van der Waals surface area (Å²) in [5.74, 6) is 0.814. The second-order valence-electron chi connectivity index (χ2n) is 7.39. The van der Waals surface area contributed by atoms with Crippen molar-refractivity contribution in [2.75, 3.05) is 37.9 Å². The SMILES string of the molecule is CCCCOc1ccc(NC(=O)Nc2ccc3c(ccn3CCN(C)C)c2)cc1. The van der Waals surface area contributed by atoms with Crippen LogP contribution in [0.25, 0.3) is 10.9 Å². The van der Waals surface area contributed by atoms with Crippen LogP contribution in [-0.2, 0) is 6.54 Å². The van der Waals surface area contributed by atoms with Gasteiger partial charge in [0.1, 0.15) is 5.75 Å². The van der Waals surface area contributed by atoms with Crippen LogP contribution in [0.2, 0.25) is 0 Å². The zero-order valence-electron chi connectivity index (χ0n) is 17.4. The molecule has 0 aliphatic carbocycles. The molecule has 2 N–H and O–H groups in total. The highest BCUT2D eigenvalue weighted by Gasteiger charge is 2.06. The van der Waals surface area contributed by atoms with Crippen LogP contribution in [0.4, 0.5) is 16.2 Å². The molecule has 29 heavy (non-hydrogen) atoms. The largest absolute Gasteiger partial charge is 0.494 e. The van der Waals surface area contributed by atoms with Gasteiger partial charge in [0.2, 0.25) is 0 Å². The van der Waals surface area contributed by atoms with E-state index >= 15 is 0 Å². The Morgan fingerprint density at radius 3 is 2.48 bits per heavy atom. The molecule has 0 saturated heterocycles. The van der Waals surface area contributed by atoms with Crippen LogP contribution in [0.1, 0.15) is 19.8 Å². The minimum Gasteiger partial charge on any atom is -0.494 e. The Kier molecular flexibility index (Phi) is 7.14. The number of hydrogen-bond donors (Lipinski definition) is 2. The third kappa shape index (κ3) is 5.99. The van der Waals surface area contributed by atoms with Crippen LogP contribution in [0.15, 0.2) is 54.7 Å². The lowest BCUT2D eigenvalue weighted by molar-refractivity contribution is 0.262. The van der Waals surface area contributed by atoms with E-state index in [-0.39, 0.29) is 6.03 Å². The highest BCUT2D eigenvalue weighted by molar-refractivity contribution is 6.01. The zero-order chi connectivity index (χ0) is 20.6. The molecule has 0 aliphatic heterocycles. The Labute approximate surface area is 172 Å². The van der Waals surface area contributed by atoms with Gasteiger partial charge in [0, 0.05) is 41.6 Å². The number of anilines is 2. The predicted octanol–water partition coefficient (Wildman–Crippen LogP) is 5.03. The number of likely N-dealkylation sites (N-methyl/N-ethyl adjacent to an activating group) is 1. The fourth-order valence-corrected chi connectivity index (χ4v) is 3.04. The minimum atomic E-state index is -0.268. The van der Waals surface area contributed by atoms with Gasteiger partial charge >= 0.3 is 6.03 Å². The standard InChI is InChI=1S/C23H30N4O2/c1-4-5-16-29-21-9-6-19(7-10-21)24-23(28)25-20-8-11-22-18(17-20)12-13-27(22)15-14-26(2)3/h6-13,17H,4-5,14-16H2,1-3H3,(H2,24,25,28). The van der Waals surface area contributed by atoms with E-state index in [9.17, 15) is 4.79 Å². The molecule has 0 saturated carbocycles. The maximum Gasteiger partial charge on any atom is 0.323 e. The number of nitrogens with zero attached hydrogens (tertiary/aromatic N) is 2. The number of carbonyl (C=O) groups is 1. The molecule has 1 heterocycles. The van der Waals surface area contributed by atoms with Crippen LogP contribution < -0.4 is 15.4 Å². The summed E-state index contributed by atoms with van der Waals surface area (Å²) >= 11 is 0. The molecular weight excluding hydrogens is 364 g/mol. The molecule has 154 valence electrons. The fraction of sp³-hybridized carbons (Fsp3) is 0.348. The molecule has 3 aromatic rings. The van der Waals surface area contributed by atoms with Gasteiger partial charge in [-0.15, -0.1) is 0 Å². The smallest absolute Gasteiger partial charge is 0.323 e. The highest BCUT2D eigenvalue weighted by Crippen LogP contribution is 2.21. The summed E-state index contributed by atoms with van der Waals surface area (Å²) in [6.45, 7) is 4.76. The van der Waals surface area contributed by atoms with Crippen LogP contribution in [0, 0.1) is 0 Å². The molecule has 2 amide bonds. The van der Waals surface area contributed by atoms with Crippen molar-refractivity contribution in [2.45, 2.75) is 26.3 Å². The number of aromatic nitrogens is 1. The summed E-state index contributed by atoms with van der Waals surface area (Å²) < 4.78 is 7.87. The van der Waals surface area contributed by atoms with E-state index in [1.54, 1.807) is 0 Å². The topological polar surface area (TPSA) is 58.5 Å². The van der Waals surface area contributed by atoms with E-state index in [0.717, 1.165) is 54.0 Å². The van der Waals surface area contributed by atoms with Crippen LogP contribution in [0.5, 0.6) is 5.75 Å². The number of hydrogen-bond acceptors (Lipinski definition) is 3. The monoisotopic (exact) mass is 394 g/mol. The third-order valence-corrected chi connectivity index (χ3v) is 4.70. The van der Waals surface area contributed by atoms with Gasteiger partial charge in [-0.1, -0.05) is 13.3 Å². The second kappa shape index (κ2) is 9.98. The summed E-state index contributed by atoms with van der Waals surface area (Å²) in [4.78, 5) is 14.5. The lowest BCUT2D eigenvalue weighted by atomic mass is 10.2. The van der Waals surface area contributed by atoms with Gasteiger partial charge in [-0.05, 0) is 69.0 Å². The van der Waals surface area contributed by atoms with Crippen molar-refractivity contribution in [1.82, 2.24) is 9.47 Å². The maximum atomic E-state index is 12.3. The van der Waals surface area contributed by atoms with Crippen LogP contribution >= 0.6 is 0 Å². The van der Waals surface area contributed by atoms with Gasteiger partial charge in [0.15, 0.2) is 0 Å². The lowest BCUT2D eigenvalue weighted by Crippen LogP contribution is -2.19. The fourth-order valence-electron chi connectivity index (χ4n) is 3.04. The van der Waals surface area contributed by atoms with E-state index in [1.165, 1.54) is 0 Å². The summed E-state index contributed by atoms with van der Waals surface area (Å²) in [5.41, 5.74) is 2.65. The van der Waals surface area contributed by atoms with Crippen molar-refractivity contribution in [3.8, 4) is 5.75 Å². The first-order valence-electron chi connectivity index (χ1n) is 10.1. The first kappa shape index (κ1) is 20.7. The number of fused-ring (bicyclic) bond motifs is 1. The first-order valence-corrected chi connectivity index (χ1v) is 10.1. The Morgan fingerprint density at radius 2 is 1.76 bits per heavy atom. The van der Waals surface area contributed by atoms with Gasteiger partial charge in [0.05, 0.1) is 6.61 Å². The summed E-state index contributed by atoms with van der Waals surface area (Å²) in [7, 11) is 4.14. The molecule has 0 radical (unpaired) electrons. The predicted molar refractivity (Wildman–Crippen MR) is 120 cm³/mol. The van der Waals surface area contributed by atoms with E-state index in [2.05, 4.69) is 53.4 Å². The number of nitrogens with one attached hydrogen (secondary N) is 2. The maximum absolute atomic E-state index is 12.3. The normalized spacial score (nSPS) is 11.0. The van der Waals surface area contributed by atoms with Crippen molar-refractivity contribution in [3.63, 3.8) is 0 Å².